The van der Waals surface area contributed by atoms with E-state index in [9.17, 15) is 4.79 Å². The molecule has 0 unspecified atom stereocenters. The topological polar surface area (TPSA) is 47.9 Å². The maximum Gasteiger partial charge on any atom is 0.260 e. The SMILES string of the molecule is CN(C)/C=C1/C(=O)Nc2ccccc2N=C1N(C)C. The standard InChI is InChI=1S/C14H18N4O/c1-17(2)9-10-13(18(3)4)15-11-7-5-6-8-12(11)16-14(10)19/h5-9H,1-4H3,(H,16,19)/b10-9+. The number of amides is 1. The highest BCUT2D eigenvalue weighted by molar-refractivity contribution is 6.26. The Hall–Kier alpha value is -2.30. The fraction of sp³-hybridized carbons (Fsp3) is 0.286. The van der Waals surface area contributed by atoms with Crippen molar-refractivity contribution >= 4 is 23.1 Å². The van der Waals surface area contributed by atoms with E-state index in [1.807, 2.05) is 62.3 Å². The number of carbonyl (C=O) groups is 1. The molecule has 1 aliphatic rings. The van der Waals surface area contributed by atoms with Crippen molar-refractivity contribution in [1.29, 1.82) is 0 Å². The van der Waals surface area contributed by atoms with Gasteiger partial charge in [-0.15, -0.1) is 0 Å². The Kier molecular flexibility index (Phi) is 3.55. The first-order valence-electron chi connectivity index (χ1n) is 6.04. The minimum absolute atomic E-state index is 0.147. The van der Waals surface area contributed by atoms with Crippen molar-refractivity contribution in [1.82, 2.24) is 9.80 Å². The van der Waals surface area contributed by atoms with E-state index in [-0.39, 0.29) is 5.91 Å². The molecule has 0 spiro atoms. The Morgan fingerprint density at radius 1 is 1.16 bits per heavy atom. The summed E-state index contributed by atoms with van der Waals surface area (Å²) in [5.41, 5.74) is 2.04. The van der Waals surface area contributed by atoms with Gasteiger partial charge in [0.1, 0.15) is 5.84 Å². The van der Waals surface area contributed by atoms with Crippen LogP contribution in [-0.2, 0) is 4.79 Å². The zero-order valence-corrected chi connectivity index (χ0v) is 11.6. The number of anilines is 1. The summed E-state index contributed by atoms with van der Waals surface area (Å²) in [6.07, 6.45) is 1.78. The number of para-hydroxylation sites is 2. The van der Waals surface area contributed by atoms with Crippen LogP contribution in [0.5, 0.6) is 0 Å². The predicted molar refractivity (Wildman–Crippen MR) is 77.6 cm³/mol. The zero-order chi connectivity index (χ0) is 14.0. The van der Waals surface area contributed by atoms with Gasteiger partial charge in [-0.2, -0.15) is 0 Å². The second kappa shape index (κ2) is 5.14. The largest absolute Gasteiger partial charge is 0.383 e. The molecule has 0 saturated carbocycles. The second-order valence-corrected chi connectivity index (χ2v) is 4.81. The summed E-state index contributed by atoms with van der Waals surface area (Å²) in [6.45, 7) is 0. The lowest BCUT2D eigenvalue weighted by molar-refractivity contribution is -0.112. The Balaban J connectivity index is 2.59. The average molecular weight is 258 g/mol. The Bertz CT molecular complexity index is 558. The first-order valence-corrected chi connectivity index (χ1v) is 6.04. The van der Waals surface area contributed by atoms with Gasteiger partial charge in [-0.05, 0) is 12.1 Å². The molecule has 1 aliphatic heterocycles. The van der Waals surface area contributed by atoms with Crippen molar-refractivity contribution in [3.8, 4) is 0 Å². The van der Waals surface area contributed by atoms with Crippen LogP contribution >= 0.6 is 0 Å². The number of aliphatic imine (C=N–C) groups is 1. The van der Waals surface area contributed by atoms with E-state index < -0.39 is 0 Å². The number of likely N-dealkylation sites (N-methyl/N-ethyl adjacent to an activating group) is 1. The molecule has 0 fully saturated rings. The summed E-state index contributed by atoms with van der Waals surface area (Å²) >= 11 is 0. The number of nitrogens with zero attached hydrogens (tertiary/aromatic N) is 3. The summed E-state index contributed by atoms with van der Waals surface area (Å²) in [7, 11) is 7.52. The first kappa shape index (κ1) is 13.1. The van der Waals surface area contributed by atoms with Gasteiger partial charge in [-0.1, -0.05) is 12.1 Å². The third-order valence-electron chi connectivity index (χ3n) is 2.68. The molecule has 1 N–H and O–H groups in total. The molecule has 1 aromatic rings. The average Bonchev–Trinajstić information content (AvgIpc) is 2.47. The monoisotopic (exact) mass is 258 g/mol. The summed E-state index contributed by atoms with van der Waals surface area (Å²) in [4.78, 5) is 20.6. The molecule has 2 rings (SSSR count). The van der Waals surface area contributed by atoms with Crippen LogP contribution in [0.3, 0.4) is 0 Å². The van der Waals surface area contributed by atoms with Crippen LogP contribution < -0.4 is 5.32 Å². The van der Waals surface area contributed by atoms with Crippen LogP contribution in [0.2, 0.25) is 0 Å². The number of nitrogens with one attached hydrogen (secondary N) is 1. The maximum absolute atomic E-state index is 12.3. The molecule has 5 nitrogen and oxygen atoms in total. The van der Waals surface area contributed by atoms with Crippen LogP contribution in [0.25, 0.3) is 0 Å². The Morgan fingerprint density at radius 3 is 2.47 bits per heavy atom. The number of rotatable bonds is 1. The van der Waals surface area contributed by atoms with E-state index in [0.717, 1.165) is 11.4 Å². The summed E-state index contributed by atoms with van der Waals surface area (Å²) < 4.78 is 0. The van der Waals surface area contributed by atoms with Crippen LogP contribution in [0.4, 0.5) is 11.4 Å². The highest BCUT2D eigenvalue weighted by Crippen LogP contribution is 2.28. The Labute approximate surface area is 113 Å². The van der Waals surface area contributed by atoms with Crippen molar-refractivity contribution in [2.45, 2.75) is 0 Å². The zero-order valence-electron chi connectivity index (χ0n) is 11.6. The maximum atomic E-state index is 12.3. The highest BCUT2D eigenvalue weighted by atomic mass is 16.1. The van der Waals surface area contributed by atoms with E-state index in [4.69, 9.17) is 0 Å². The molecule has 0 atom stereocenters. The van der Waals surface area contributed by atoms with Crippen molar-refractivity contribution in [2.24, 2.45) is 4.99 Å². The third kappa shape index (κ3) is 2.76. The predicted octanol–water partition coefficient (Wildman–Crippen LogP) is 1.68. The lowest BCUT2D eigenvalue weighted by Gasteiger charge is -2.17. The molecule has 1 heterocycles. The molecule has 100 valence electrons. The molecule has 0 saturated heterocycles. The van der Waals surface area contributed by atoms with E-state index in [0.29, 0.717) is 11.4 Å². The third-order valence-corrected chi connectivity index (χ3v) is 2.68. The van der Waals surface area contributed by atoms with Crippen LogP contribution in [0, 0.1) is 0 Å². The van der Waals surface area contributed by atoms with Gasteiger partial charge in [0.15, 0.2) is 0 Å². The minimum atomic E-state index is -0.147. The van der Waals surface area contributed by atoms with Gasteiger partial charge < -0.3 is 15.1 Å². The molecule has 19 heavy (non-hydrogen) atoms. The normalized spacial score (nSPS) is 16.3. The number of benzene rings is 1. The molecule has 5 heteroatoms. The van der Waals surface area contributed by atoms with Crippen molar-refractivity contribution < 1.29 is 4.79 Å². The molecule has 1 aromatic carbocycles. The van der Waals surface area contributed by atoms with Crippen LogP contribution in [0.1, 0.15) is 0 Å². The molecule has 0 radical (unpaired) electrons. The lowest BCUT2D eigenvalue weighted by Crippen LogP contribution is -2.30. The molecule has 0 aliphatic carbocycles. The molecule has 0 bridgehead atoms. The van der Waals surface area contributed by atoms with Crippen LogP contribution in [-0.4, -0.2) is 49.7 Å². The van der Waals surface area contributed by atoms with Crippen LogP contribution in [0.15, 0.2) is 41.0 Å². The van der Waals surface area contributed by atoms with Crippen molar-refractivity contribution in [3.05, 3.63) is 36.0 Å². The molecular weight excluding hydrogens is 240 g/mol. The van der Waals surface area contributed by atoms with Gasteiger partial charge in [0.05, 0.1) is 16.9 Å². The molecular formula is C14H18N4O. The lowest BCUT2D eigenvalue weighted by atomic mass is 10.2. The molecule has 1 amide bonds. The first-order chi connectivity index (χ1) is 8.99. The van der Waals surface area contributed by atoms with Gasteiger partial charge in [-0.25, -0.2) is 4.99 Å². The fourth-order valence-electron chi connectivity index (χ4n) is 1.86. The van der Waals surface area contributed by atoms with Gasteiger partial charge in [0, 0.05) is 34.4 Å². The van der Waals surface area contributed by atoms with E-state index >= 15 is 0 Å². The second-order valence-electron chi connectivity index (χ2n) is 4.81. The number of hydrogen-bond donors (Lipinski definition) is 1. The summed E-state index contributed by atoms with van der Waals surface area (Å²) in [5.74, 6) is 0.502. The summed E-state index contributed by atoms with van der Waals surface area (Å²) in [5, 5.41) is 2.89. The quantitative estimate of drug-likeness (QED) is 0.780. The molecule has 0 aromatic heterocycles. The number of amidine groups is 1. The van der Waals surface area contributed by atoms with Crippen molar-refractivity contribution in [3.63, 3.8) is 0 Å². The van der Waals surface area contributed by atoms with Crippen molar-refractivity contribution in [2.75, 3.05) is 33.5 Å². The van der Waals surface area contributed by atoms with Gasteiger partial charge in [0.25, 0.3) is 5.91 Å². The van der Waals surface area contributed by atoms with Gasteiger partial charge in [0.2, 0.25) is 0 Å². The van der Waals surface area contributed by atoms with E-state index in [1.165, 1.54) is 0 Å². The smallest absolute Gasteiger partial charge is 0.260 e. The summed E-state index contributed by atoms with van der Waals surface area (Å²) in [6, 6.07) is 7.52. The van der Waals surface area contributed by atoms with Gasteiger partial charge >= 0.3 is 0 Å². The number of hydrogen-bond acceptors (Lipinski definition) is 4. The van der Waals surface area contributed by atoms with Gasteiger partial charge in [-0.3, -0.25) is 4.79 Å². The number of fused-ring (bicyclic) bond motifs is 1. The van der Waals surface area contributed by atoms with E-state index in [2.05, 4.69) is 10.3 Å². The van der Waals surface area contributed by atoms with E-state index in [1.54, 1.807) is 6.20 Å². The Morgan fingerprint density at radius 2 is 1.84 bits per heavy atom. The fourth-order valence-corrected chi connectivity index (χ4v) is 1.86. The minimum Gasteiger partial charge on any atom is -0.383 e. The number of carbonyl (C=O) groups excluding carboxylic acids is 1. The highest BCUT2D eigenvalue weighted by Gasteiger charge is 2.23.